The van der Waals surface area contributed by atoms with Crippen molar-refractivity contribution < 1.29 is 4.79 Å². The summed E-state index contributed by atoms with van der Waals surface area (Å²) in [5, 5.41) is 4.84. The molecule has 0 fully saturated rings. The molecule has 3 rings (SSSR count). The SMILES string of the molecule is CN(C)C(CNC(=O)C=Cc1ccccc1Cl)c1cn(C)c2ccccc12. The Hall–Kier alpha value is -2.56. The Morgan fingerprint density at radius 2 is 1.89 bits per heavy atom. The van der Waals surface area contributed by atoms with Crippen LogP contribution in [0.15, 0.2) is 60.8 Å². The molecule has 27 heavy (non-hydrogen) atoms. The van der Waals surface area contributed by atoms with E-state index in [1.54, 1.807) is 6.08 Å². The maximum atomic E-state index is 12.3. The number of amides is 1. The molecular formula is C22H24ClN3O. The minimum Gasteiger partial charge on any atom is -0.351 e. The van der Waals surface area contributed by atoms with E-state index in [1.165, 1.54) is 22.5 Å². The van der Waals surface area contributed by atoms with E-state index in [4.69, 9.17) is 11.6 Å². The lowest BCUT2D eigenvalue weighted by atomic mass is 10.0. The quantitative estimate of drug-likeness (QED) is 0.647. The number of halogens is 1. The molecule has 1 amide bonds. The molecule has 0 radical (unpaired) electrons. The Kier molecular flexibility index (Phi) is 5.99. The number of likely N-dealkylation sites (N-methyl/N-ethyl adjacent to an activating group) is 1. The van der Waals surface area contributed by atoms with Crippen LogP contribution < -0.4 is 5.32 Å². The van der Waals surface area contributed by atoms with Gasteiger partial charge in [0, 0.05) is 41.8 Å². The van der Waals surface area contributed by atoms with Gasteiger partial charge in [0.25, 0.3) is 0 Å². The highest BCUT2D eigenvalue weighted by molar-refractivity contribution is 6.32. The molecule has 1 aromatic heterocycles. The monoisotopic (exact) mass is 381 g/mol. The molecule has 0 aliphatic heterocycles. The number of aryl methyl sites for hydroxylation is 1. The molecule has 1 N–H and O–H groups in total. The number of hydrogen-bond donors (Lipinski definition) is 1. The molecule has 3 aromatic rings. The maximum Gasteiger partial charge on any atom is 0.244 e. The van der Waals surface area contributed by atoms with E-state index in [0.717, 1.165) is 5.56 Å². The van der Waals surface area contributed by atoms with Crippen LogP contribution in [0, 0.1) is 0 Å². The Morgan fingerprint density at radius 1 is 1.19 bits per heavy atom. The number of carbonyl (C=O) groups is 1. The third-order valence-electron chi connectivity index (χ3n) is 4.70. The number of fused-ring (bicyclic) bond motifs is 1. The van der Waals surface area contributed by atoms with Crippen molar-refractivity contribution in [2.24, 2.45) is 7.05 Å². The van der Waals surface area contributed by atoms with Gasteiger partial charge in [-0.15, -0.1) is 0 Å². The molecule has 0 aliphatic carbocycles. The summed E-state index contributed by atoms with van der Waals surface area (Å²) in [6, 6.07) is 15.8. The molecule has 140 valence electrons. The van der Waals surface area contributed by atoms with Crippen LogP contribution >= 0.6 is 11.6 Å². The molecule has 2 aromatic carbocycles. The zero-order valence-corrected chi connectivity index (χ0v) is 16.6. The van der Waals surface area contributed by atoms with Crippen LogP contribution in [0.1, 0.15) is 17.2 Å². The predicted octanol–water partition coefficient (Wildman–Crippen LogP) is 4.26. The van der Waals surface area contributed by atoms with Crippen molar-refractivity contribution in [3.63, 3.8) is 0 Å². The molecule has 1 heterocycles. The summed E-state index contributed by atoms with van der Waals surface area (Å²) in [6.07, 6.45) is 5.40. The van der Waals surface area contributed by atoms with Crippen molar-refractivity contribution in [1.82, 2.24) is 14.8 Å². The summed E-state index contributed by atoms with van der Waals surface area (Å²) in [5.74, 6) is -0.137. The second-order valence-corrected chi connectivity index (χ2v) is 7.20. The molecule has 0 spiro atoms. The third kappa shape index (κ3) is 4.41. The topological polar surface area (TPSA) is 37.3 Å². The van der Waals surface area contributed by atoms with Crippen molar-refractivity contribution >= 4 is 34.5 Å². The first-order valence-corrected chi connectivity index (χ1v) is 9.26. The van der Waals surface area contributed by atoms with Gasteiger partial charge in [-0.2, -0.15) is 0 Å². The fourth-order valence-corrected chi connectivity index (χ4v) is 3.44. The largest absolute Gasteiger partial charge is 0.351 e. The lowest BCUT2D eigenvalue weighted by molar-refractivity contribution is -0.116. The fraction of sp³-hybridized carbons (Fsp3) is 0.227. The summed E-state index contributed by atoms with van der Waals surface area (Å²) in [6.45, 7) is 0.521. The first-order chi connectivity index (χ1) is 13.0. The van der Waals surface area contributed by atoms with Crippen LogP contribution in [0.5, 0.6) is 0 Å². The molecule has 5 heteroatoms. The van der Waals surface area contributed by atoms with Crippen LogP contribution in [0.2, 0.25) is 5.02 Å². The molecule has 0 saturated heterocycles. The minimum absolute atomic E-state index is 0.0776. The van der Waals surface area contributed by atoms with Crippen molar-refractivity contribution in [2.45, 2.75) is 6.04 Å². The second-order valence-electron chi connectivity index (χ2n) is 6.79. The fourth-order valence-electron chi connectivity index (χ4n) is 3.24. The Bertz CT molecular complexity index is 975. The first kappa shape index (κ1) is 19.2. The van der Waals surface area contributed by atoms with E-state index >= 15 is 0 Å². The van der Waals surface area contributed by atoms with Gasteiger partial charge in [0.05, 0.1) is 6.04 Å². The number of nitrogens with one attached hydrogen (secondary N) is 1. The van der Waals surface area contributed by atoms with E-state index in [2.05, 4.69) is 33.1 Å². The van der Waals surface area contributed by atoms with Crippen molar-refractivity contribution in [3.8, 4) is 0 Å². The highest BCUT2D eigenvalue weighted by Crippen LogP contribution is 2.28. The Labute approximate surface area is 165 Å². The van der Waals surface area contributed by atoms with Crippen LogP contribution in [0.3, 0.4) is 0 Å². The summed E-state index contributed by atoms with van der Waals surface area (Å²) in [5.41, 5.74) is 3.21. The highest BCUT2D eigenvalue weighted by Gasteiger charge is 2.19. The molecule has 0 bridgehead atoms. The Morgan fingerprint density at radius 3 is 2.63 bits per heavy atom. The van der Waals surface area contributed by atoms with E-state index in [0.29, 0.717) is 11.6 Å². The molecule has 1 atom stereocenters. The summed E-state index contributed by atoms with van der Waals surface area (Å²) in [7, 11) is 6.10. The summed E-state index contributed by atoms with van der Waals surface area (Å²) < 4.78 is 2.13. The average Bonchev–Trinajstić information content (AvgIpc) is 2.98. The van der Waals surface area contributed by atoms with Crippen molar-refractivity contribution in [2.75, 3.05) is 20.6 Å². The lowest BCUT2D eigenvalue weighted by Crippen LogP contribution is -2.33. The normalized spacial score (nSPS) is 12.8. The first-order valence-electron chi connectivity index (χ1n) is 8.88. The van der Waals surface area contributed by atoms with Gasteiger partial charge in [-0.3, -0.25) is 4.79 Å². The molecular weight excluding hydrogens is 358 g/mol. The highest BCUT2D eigenvalue weighted by atomic mass is 35.5. The summed E-state index contributed by atoms with van der Waals surface area (Å²) >= 11 is 6.12. The van der Waals surface area contributed by atoms with E-state index in [9.17, 15) is 4.79 Å². The molecule has 4 nitrogen and oxygen atoms in total. The van der Waals surface area contributed by atoms with Crippen LogP contribution in [0.25, 0.3) is 17.0 Å². The zero-order valence-electron chi connectivity index (χ0n) is 15.8. The number of nitrogens with zero attached hydrogens (tertiary/aromatic N) is 2. The number of hydrogen-bond acceptors (Lipinski definition) is 2. The Balaban J connectivity index is 1.73. The number of para-hydroxylation sites is 1. The van der Waals surface area contributed by atoms with Gasteiger partial charge in [0.1, 0.15) is 0 Å². The van der Waals surface area contributed by atoms with Gasteiger partial charge in [-0.05, 0) is 43.4 Å². The molecule has 0 aliphatic rings. The van der Waals surface area contributed by atoms with E-state index in [1.807, 2.05) is 57.5 Å². The van der Waals surface area contributed by atoms with Gasteiger partial charge < -0.3 is 14.8 Å². The van der Waals surface area contributed by atoms with E-state index < -0.39 is 0 Å². The van der Waals surface area contributed by atoms with Gasteiger partial charge in [0.15, 0.2) is 0 Å². The van der Waals surface area contributed by atoms with Gasteiger partial charge in [0.2, 0.25) is 5.91 Å². The maximum absolute atomic E-state index is 12.3. The zero-order chi connectivity index (χ0) is 19.4. The number of rotatable bonds is 6. The van der Waals surface area contributed by atoms with Crippen molar-refractivity contribution in [1.29, 1.82) is 0 Å². The van der Waals surface area contributed by atoms with Crippen molar-refractivity contribution in [3.05, 3.63) is 77.0 Å². The molecule has 1 unspecified atom stereocenters. The number of carbonyl (C=O) groups excluding carboxylic acids is 1. The van der Waals surface area contributed by atoms with Crippen LogP contribution in [-0.4, -0.2) is 36.0 Å². The third-order valence-corrected chi connectivity index (χ3v) is 5.04. The number of aromatic nitrogens is 1. The van der Waals surface area contributed by atoms with Gasteiger partial charge >= 0.3 is 0 Å². The second kappa shape index (κ2) is 8.42. The predicted molar refractivity (Wildman–Crippen MR) is 113 cm³/mol. The van der Waals surface area contributed by atoms with E-state index in [-0.39, 0.29) is 11.9 Å². The smallest absolute Gasteiger partial charge is 0.244 e. The van der Waals surface area contributed by atoms with Gasteiger partial charge in [-0.25, -0.2) is 0 Å². The number of benzene rings is 2. The average molecular weight is 382 g/mol. The summed E-state index contributed by atoms with van der Waals surface area (Å²) in [4.78, 5) is 14.4. The standard InChI is InChI=1S/C22H24ClN3O/c1-25(2)21(18-15-26(3)20-11-7-5-9-17(18)20)14-24-22(27)13-12-16-8-4-6-10-19(16)23/h4-13,15,21H,14H2,1-3H3,(H,24,27). The minimum atomic E-state index is -0.137. The van der Waals surface area contributed by atoms with Gasteiger partial charge in [-0.1, -0.05) is 48.0 Å². The molecule has 0 saturated carbocycles. The lowest BCUT2D eigenvalue weighted by Gasteiger charge is -2.24. The van der Waals surface area contributed by atoms with Crippen LogP contribution in [-0.2, 0) is 11.8 Å². The van der Waals surface area contributed by atoms with Crippen LogP contribution in [0.4, 0.5) is 0 Å².